The number of hydrogen-bond acceptors (Lipinski definition) is 6. The predicted molar refractivity (Wildman–Crippen MR) is 95.4 cm³/mol. The Hall–Kier alpha value is -3.23. The van der Waals surface area contributed by atoms with Gasteiger partial charge in [0.2, 0.25) is 5.82 Å². The maximum atomic E-state index is 13.0. The van der Waals surface area contributed by atoms with Crippen molar-refractivity contribution in [1.82, 2.24) is 15.0 Å². The minimum Gasteiger partial charge on any atom is -0.475 e. The van der Waals surface area contributed by atoms with Crippen LogP contribution >= 0.6 is 0 Å². The number of nitrogens with zero attached hydrogens (tertiary/aromatic N) is 2. The second-order valence-corrected chi connectivity index (χ2v) is 6.49. The number of nitrogens with one attached hydrogen (secondary N) is 2. The first-order valence-electron chi connectivity index (χ1n) is 7.59. The lowest BCUT2D eigenvalue weighted by atomic mass is 10.1. The molecule has 1 aromatic carbocycles. The zero-order chi connectivity index (χ0) is 21.8. The third-order valence-corrected chi connectivity index (χ3v) is 3.38. The molecule has 0 saturated carbocycles. The summed E-state index contributed by atoms with van der Waals surface area (Å²) in [4.78, 5) is 21.5. The van der Waals surface area contributed by atoms with Gasteiger partial charge in [0.1, 0.15) is 11.5 Å². The van der Waals surface area contributed by atoms with Crippen LogP contribution in [0, 0.1) is 0 Å². The molecule has 10 nitrogen and oxygen atoms in total. The van der Waals surface area contributed by atoms with E-state index in [0.717, 1.165) is 6.07 Å². The highest BCUT2D eigenvalue weighted by molar-refractivity contribution is 7.83. The number of carboxylic acids is 1. The second-order valence-electron chi connectivity index (χ2n) is 5.46. The lowest BCUT2D eigenvalue weighted by Crippen LogP contribution is -2.13. The van der Waals surface area contributed by atoms with Crippen LogP contribution in [-0.4, -0.2) is 39.0 Å². The number of alkyl halides is 3. The molecule has 2 aromatic heterocycles. The van der Waals surface area contributed by atoms with E-state index in [1.54, 1.807) is 12.3 Å². The van der Waals surface area contributed by atoms with E-state index < -0.39 is 33.8 Å². The van der Waals surface area contributed by atoms with Crippen molar-refractivity contribution >= 4 is 33.1 Å². The molecular formula is C15H14F3N5O5S. The summed E-state index contributed by atoms with van der Waals surface area (Å²) in [5.74, 6) is -1.63. The van der Waals surface area contributed by atoms with Crippen molar-refractivity contribution in [1.29, 1.82) is 0 Å². The number of H-pyrrole nitrogens is 1. The molecule has 3 aromatic rings. The van der Waals surface area contributed by atoms with Crippen molar-refractivity contribution in [2.45, 2.75) is 12.7 Å². The summed E-state index contributed by atoms with van der Waals surface area (Å²) in [5, 5.41) is 16.2. The van der Waals surface area contributed by atoms with Gasteiger partial charge < -0.3 is 15.4 Å². The number of aromatic amines is 1. The van der Waals surface area contributed by atoms with Gasteiger partial charge in [-0.15, -0.1) is 0 Å². The normalized spacial score (nSPS) is 11.6. The second kappa shape index (κ2) is 8.42. The van der Waals surface area contributed by atoms with E-state index in [-0.39, 0.29) is 23.6 Å². The maximum absolute atomic E-state index is 13.0. The van der Waals surface area contributed by atoms with Gasteiger partial charge in [-0.1, -0.05) is 18.2 Å². The van der Waals surface area contributed by atoms with Gasteiger partial charge in [-0.3, -0.25) is 4.55 Å². The van der Waals surface area contributed by atoms with Crippen LogP contribution in [0.3, 0.4) is 0 Å². The van der Waals surface area contributed by atoms with E-state index in [1.165, 1.54) is 18.2 Å². The number of rotatable bonds is 4. The molecule has 29 heavy (non-hydrogen) atoms. The Bertz CT molecular complexity index is 1120. The Kier molecular flexibility index (Phi) is 6.41. The van der Waals surface area contributed by atoms with Crippen LogP contribution < -0.4 is 10.5 Å². The highest BCUT2D eigenvalue weighted by Gasteiger charge is 2.32. The number of nitrogens with two attached hydrogens (primary N) is 1. The van der Waals surface area contributed by atoms with Crippen molar-refractivity contribution in [3.8, 4) is 0 Å². The zero-order valence-electron chi connectivity index (χ0n) is 14.3. The van der Waals surface area contributed by atoms with Crippen LogP contribution in [0.25, 0.3) is 11.0 Å². The topological polar surface area (TPSA) is 171 Å². The van der Waals surface area contributed by atoms with Crippen LogP contribution in [0.5, 0.6) is 0 Å². The molecule has 14 heteroatoms. The van der Waals surface area contributed by atoms with E-state index in [4.69, 9.17) is 18.1 Å². The number of anilines is 1. The summed E-state index contributed by atoms with van der Waals surface area (Å²) < 4.78 is 64.2. The van der Waals surface area contributed by atoms with Crippen molar-refractivity contribution < 1.29 is 36.0 Å². The Morgan fingerprint density at radius 2 is 1.83 bits per heavy atom. The highest BCUT2D eigenvalue weighted by Crippen LogP contribution is 2.32. The van der Waals surface area contributed by atoms with Crippen molar-refractivity contribution in [3.63, 3.8) is 0 Å². The van der Waals surface area contributed by atoms with E-state index in [1.807, 2.05) is 0 Å². The average molecular weight is 433 g/mol. The molecular weight excluding hydrogens is 419 g/mol. The van der Waals surface area contributed by atoms with Crippen molar-refractivity contribution in [3.05, 3.63) is 53.5 Å². The number of halogens is 3. The molecule has 0 aliphatic heterocycles. The Morgan fingerprint density at radius 1 is 1.21 bits per heavy atom. The smallest absolute Gasteiger partial charge is 0.416 e. The van der Waals surface area contributed by atoms with Gasteiger partial charge in [0.25, 0.3) is 0 Å². The lowest BCUT2D eigenvalue weighted by molar-refractivity contribution is -0.138. The quantitative estimate of drug-likeness (QED) is 0.389. The molecule has 0 aliphatic carbocycles. The maximum Gasteiger partial charge on any atom is 0.416 e. The fourth-order valence-electron chi connectivity index (χ4n) is 2.30. The molecule has 0 fully saturated rings. The van der Waals surface area contributed by atoms with Crippen LogP contribution in [0.4, 0.5) is 19.0 Å². The van der Waals surface area contributed by atoms with Gasteiger partial charge in [-0.25, -0.2) is 19.9 Å². The Labute approximate surface area is 161 Å². The molecule has 0 spiro atoms. The summed E-state index contributed by atoms with van der Waals surface area (Å²) in [6.45, 7) is -0.161. The molecule has 2 heterocycles. The number of benzene rings is 1. The summed E-state index contributed by atoms with van der Waals surface area (Å²) in [6, 6.07) is 6.76. The largest absolute Gasteiger partial charge is 0.475 e. The first kappa shape index (κ1) is 22.1. The van der Waals surface area contributed by atoms with Gasteiger partial charge in [-0.05, 0) is 17.7 Å². The van der Waals surface area contributed by atoms with Gasteiger partial charge in [0, 0.05) is 12.7 Å². The number of carboxylic acid groups (broad SMARTS) is 1. The molecule has 0 radical (unpaired) electrons. The van der Waals surface area contributed by atoms with E-state index in [0.29, 0.717) is 5.39 Å². The molecule has 0 bridgehead atoms. The molecule has 0 unspecified atom stereocenters. The summed E-state index contributed by atoms with van der Waals surface area (Å²) in [6.07, 6.45) is -2.93. The fourth-order valence-corrected chi connectivity index (χ4v) is 2.30. The van der Waals surface area contributed by atoms with Gasteiger partial charge >= 0.3 is 22.4 Å². The number of hydrogen-bond donors (Lipinski definition) is 5. The zero-order valence-corrected chi connectivity index (χ0v) is 15.1. The van der Waals surface area contributed by atoms with Crippen LogP contribution in [0.2, 0.25) is 0 Å². The van der Waals surface area contributed by atoms with Crippen molar-refractivity contribution in [2.24, 2.45) is 5.14 Å². The molecule has 6 N–H and O–H groups in total. The minimum atomic E-state index is -4.47. The minimum absolute atomic E-state index is 0.0316. The number of fused-ring (bicyclic) bond motifs is 1. The van der Waals surface area contributed by atoms with Gasteiger partial charge in [0.15, 0.2) is 0 Å². The summed E-state index contributed by atoms with van der Waals surface area (Å²) >= 11 is 0. The van der Waals surface area contributed by atoms with Crippen molar-refractivity contribution in [2.75, 3.05) is 5.32 Å². The van der Waals surface area contributed by atoms with Gasteiger partial charge in [-0.2, -0.15) is 21.6 Å². The van der Waals surface area contributed by atoms with Crippen LogP contribution in [0.1, 0.15) is 21.7 Å². The Balaban J connectivity index is 0.000000537. The fraction of sp³-hybridized carbons (Fsp3) is 0.133. The van der Waals surface area contributed by atoms with Crippen LogP contribution in [0.15, 0.2) is 36.5 Å². The Morgan fingerprint density at radius 3 is 2.41 bits per heavy atom. The predicted octanol–water partition coefficient (Wildman–Crippen LogP) is 2.03. The standard InChI is InChI=1S/C15H11F3N4O2.H3NO3S/c16-15(17,18)10-4-2-1-3-8(10)7-20-12-9-5-6-19-11(9)21-13(22-12)14(23)24;1-5(2,3)4/h1-6H,7H2,(H,23,24)(H2,19,20,21,22);(H3,1,2,3,4). The van der Waals surface area contributed by atoms with Gasteiger partial charge in [0.05, 0.1) is 10.9 Å². The van der Waals surface area contributed by atoms with Crippen LogP contribution in [-0.2, 0) is 23.0 Å². The highest BCUT2D eigenvalue weighted by atomic mass is 32.2. The SMILES string of the molecule is NS(=O)(=O)O.O=C(O)c1nc(NCc2ccccc2C(F)(F)F)c2cc[nH]c2n1. The number of aromatic nitrogens is 3. The molecule has 0 atom stereocenters. The lowest BCUT2D eigenvalue weighted by Gasteiger charge is -2.14. The molecule has 0 saturated heterocycles. The summed E-state index contributed by atoms with van der Waals surface area (Å²) in [7, 11) is -4.17. The molecule has 3 rings (SSSR count). The molecule has 0 aliphatic rings. The molecule has 156 valence electrons. The third-order valence-electron chi connectivity index (χ3n) is 3.38. The average Bonchev–Trinajstić information content (AvgIpc) is 3.06. The van der Waals surface area contributed by atoms with E-state index >= 15 is 0 Å². The third kappa shape index (κ3) is 6.41. The van der Waals surface area contributed by atoms with E-state index in [9.17, 15) is 18.0 Å². The van der Waals surface area contributed by atoms with E-state index in [2.05, 4.69) is 25.4 Å². The first-order chi connectivity index (χ1) is 13.4. The number of carbonyl (C=O) groups is 1. The monoisotopic (exact) mass is 433 g/mol. The summed E-state index contributed by atoms with van der Waals surface area (Å²) in [5.41, 5.74) is -0.437. The molecule has 0 amide bonds. The first-order valence-corrected chi connectivity index (χ1v) is 9.09. The number of aromatic carboxylic acids is 1.